The van der Waals surface area contributed by atoms with Crippen molar-refractivity contribution in [3.63, 3.8) is 0 Å². The van der Waals surface area contributed by atoms with Crippen molar-refractivity contribution in [2.24, 2.45) is 11.5 Å². The zero-order valence-electron chi connectivity index (χ0n) is 18.7. The van der Waals surface area contributed by atoms with Gasteiger partial charge < -0.3 is 36.9 Å². The van der Waals surface area contributed by atoms with Crippen molar-refractivity contribution in [2.75, 3.05) is 23.7 Å². The van der Waals surface area contributed by atoms with E-state index in [1.165, 1.54) is 0 Å². The summed E-state index contributed by atoms with van der Waals surface area (Å²) in [6.07, 6.45) is 2.97. The molecule has 0 aromatic heterocycles. The molecule has 2 aliphatic rings. The summed E-state index contributed by atoms with van der Waals surface area (Å²) in [6, 6.07) is 11.7. The number of primary amides is 2. The Balaban J connectivity index is 1.82. The lowest BCUT2D eigenvalue weighted by Gasteiger charge is -2.34. The van der Waals surface area contributed by atoms with Crippen LogP contribution in [-0.4, -0.2) is 47.8 Å². The lowest BCUT2D eigenvalue weighted by molar-refractivity contribution is -0.132. The highest BCUT2D eigenvalue weighted by atomic mass is 31.2. The lowest BCUT2D eigenvalue weighted by atomic mass is 10.2. The molecule has 0 radical (unpaired) electrons. The maximum Gasteiger partial charge on any atom is 0.316 e. The van der Waals surface area contributed by atoms with Gasteiger partial charge in [0, 0.05) is 28.5 Å². The highest BCUT2D eigenvalue weighted by Gasteiger charge is 2.46. The van der Waals surface area contributed by atoms with Gasteiger partial charge in [0.1, 0.15) is 0 Å². The summed E-state index contributed by atoms with van der Waals surface area (Å²) >= 11 is 0. The Morgan fingerprint density at radius 3 is 2.00 bits per heavy atom. The van der Waals surface area contributed by atoms with Crippen molar-refractivity contribution in [3.8, 4) is 0 Å². The van der Waals surface area contributed by atoms with Crippen LogP contribution in [0.15, 0.2) is 48.5 Å². The number of benzene rings is 2. The van der Waals surface area contributed by atoms with Gasteiger partial charge in [0.25, 0.3) is 0 Å². The van der Waals surface area contributed by atoms with E-state index in [4.69, 9.17) is 11.5 Å². The van der Waals surface area contributed by atoms with E-state index in [1.807, 2.05) is 0 Å². The van der Waals surface area contributed by atoms with Crippen LogP contribution in [0, 0.1) is 0 Å². The van der Waals surface area contributed by atoms with Crippen LogP contribution in [0.4, 0.5) is 21.0 Å². The molecule has 4 rings (SSSR count). The molecule has 7 N–H and O–H groups in total. The Bertz CT molecular complexity index is 1090. The normalized spacial score (nSPS) is 20.2. The molecular formula is C23H29N6O4P. The van der Waals surface area contributed by atoms with Gasteiger partial charge in [-0.15, -0.1) is 0 Å². The fraction of sp³-hybridized carbons (Fsp3) is 0.348. The van der Waals surface area contributed by atoms with Crippen LogP contribution in [0.3, 0.4) is 0 Å². The Morgan fingerprint density at radius 2 is 1.50 bits per heavy atom. The number of urea groups is 2. The summed E-state index contributed by atoms with van der Waals surface area (Å²) < 4.78 is 15.1. The highest BCUT2D eigenvalue weighted by molar-refractivity contribution is 7.79. The molecular weight excluding hydrogens is 455 g/mol. The van der Waals surface area contributed by atoms with Crippen LogP contribution < -0.4 is 38.0 Å². The van der Waals surface area contributed by atoms with Gasteiger partial charge in [-0.1, -0.05) is 24.3 Å². The molecule has 0 saturated carbocycles. The largest absolute Gasteiger partial charge is 0.351 e. The SMILES string of the molecule is NC(=O)Nc1cccc(P(=O)(c2cccc(NC(N)=O)c2)C2CCCN2C(=O)[C@@H]2CCCN2)c1. The number of nitrogens with zero attached hydrogens (tertiary/aromatic N) is 1. The van der Waals surface area contributed by atoms with Crippen molar-refractivity contribution in [3.05, 3.63) is 48.5 Å². The Labute approximate surface area is 197 Å². The molecule has 0 bridgehead atoms. The molecule has 11 heteroatoms. The minimum atomic E-state index is -3.47. The predicted octanol–water partition coefficient (Wildman–Crippen LogP) is 1.68. The molecule has 0 spiro atoms. The molecule has 2 atom stereocenters. The fourth-order valence-electron chi connectivity index (χ4n) is 4.84. The topological polar surface area (TPSA) is 160 Å². The number of carbonyl (C=O) groups excluding carboxylic acids is 3. The quantitative estimate of drug-likeness (QED) is 0.394. The van der Waals surface area contributed by atoms with Crippen molar-refractivity contribution >= 4 is 47.1 Å². The van der Waals surface area contributed by atoms with E-state index in [2.05, 4.69) is 16.0 Å². The molecule has 2 heterocycles. The lowest BCUT2D eigenvalue weighted by Crippen LogP contribution is -2.47. The summed E-state index contributed by atoms with van der Waals surface area (Å²) in [5.41, 5.74) is 11.4. The van der Waals surface area contributed by atoms with Crippen molar-refractivity contribution in [1.82, 2.24) is 10.2 Å². The third-order valence-electron chi connectivity index (χ3n) is 6.28. The van der Waals surface area contributed by atoms with Crippen LogP contribution in [0.25, 0.3) is 0 Å². The van der Waals surface area contributed by atoms with Gasteiger partial charge in [-0.3, -0.25) is 4.79 Å². The van der Waals surface area contributed by atoms with E-state index in [-0.39, 0.29) is 11.9 Å². The number of nitrogens with one attached hydrogen (secondary N) is 3. The van der Waals surface area contributed by atoms with Gasteiger partial charge in [-0.2, -0.15) is 0 Å². The Kier molecular flexibility index (Phi) is 6.90. The van der Waals surface area contributed by atoms with E-state index in [0.29, 0.717) is 34.9 Å². The van der Waals surface area contributed by atoms with E-state index in [1.54, 1.807) is 53.4 Å². The first kappa shape index (κ1) is 23.8. The van der Waals surface area contributed by atoms with Gasteiger partial charge >= 0.3 is 12.1 Å². The number of likely N-dealkylation sites (tertiary alicyclic amines) is 1. The summed E-state index contributed by atoms with van der Waals surface area (Å²) in [4.78, 5) is 38.0. The number of carbonyl (C=O) groups is 3. The van der Waals surface area contributed by atoms with Gasteiger partial charge in [-0.05, 0) is 56.5 Å². The molecule has 2 aromatic rings. The van der Waals surface area contributed by atoms with Gasteiger partial charge in [0.15, 0.2) is 7.14 Å². The smallest absolute Gasteiger partial charge is 0.316 e. The second-order valence-corrected chi connectivity index (χ2v) is 11.5. The van der Waals surface area contributed by atoms with E-state index < -0.39 is 25.0 Å². The van der Waals surface area contributed by atoms with Gasteiger partial charge in [0.2, 0.25) is 5.91 Å². The van der Waals surface area contributed by atoms with Crippen LogP contribution >= 0.6 is 7.14 Å². The molecule has 2 fully saturated rings. The maximum atomic E-state index is 15.1. The van der Waals surface area contributed by atoms with E-state index in [0.717, 1.165) is 25.8 Å². The number of hydrogen-bond acceptors (Lipinski definition) is 5. The van der Waals surface area contributed by atoms with Crippen molar-refractivity contribution in [1.29, 1.82) is 0 Å². The minimum absolute atomic E-state index is 0.0435. The summed E-state index contributed by atoms with van der Waals surface area (Å²) in [5.74, 6) is -0.604. The number of hydrogen-bond donors (Lipinski definition) is 5. The first-order valence-corrected chi connectivity index (χ1v) is 13.0. The van der Waals surface area contributed by atoms with Crippen molar-refractivity contribution < 1.29 is 18.9 Å². The Morgan fingerprint density at radius 1 is 0.912 bits per heavy atom. The van der Waals surface area contributed by atoms with E-state index in [9.17, 15) is 14.4 Å². The summed E-state index contributed by atoms with van der Waals surface area (Å²) in [5, 5.41) is 9.27. The van der Waals surface area contributed by atoms with Crippen molar-refractivity contribution in [2.45, 2.75) is 37.5 Å². The molecule has 2 saturated heterocycles. The number of amides is 5. The fourth-order valence-corrected chi connectivity index (χ4v) is 8.27. The second kappa shape index (κ2) is 9.87. The molecule has 1 unspecified atom stereocenters. The first-order chi connectivity index (χ1) is 16.3. The zero-order valence-corrected chi connectivity index (χ0v) is 19.6. The van der Waals surface area contributed by atoms with Crippen LogP contribution in [0.5, 0.6) is 0 Å². The molecule has 34 heavy (non-hydrogen) atoms. The number of anilines is 2. The molecule has 10 nitrogen and oxygen atoms in total. The minimum Gasteiger partial charge on any atom is -0.351 e. The summed E-state index contributed by atoms with van der Waals surface area (Å²) in [7, 11) is -3.47. The molecule has 0 aliphatic carbocycles. The predicted molar refractivity (Wildman–Crippen MR) is 132 cm³/mol. The third kappa shape index (κ3) is 4.78. The van der Waals surface area contributed by atoms with E-state index >= 15 is 4.57 Å². The maximum absolute atomic E-state index is 15.1. The Hall–Kier alpha value is -3.36. The molecule has 2 aliphatic heterocycles. The second-order valence-electron chi connectivity index (χ2n) is 8.54. The number of nitrogens with two attached hydrogens (primary N) is 2. The number of rotatable bonds is 6. The average molecular weight is 484 g/mol. The molecule has 5 amide bonds. The molecule has 180 valence electrons. The standard InChI is InChI=1S/C23H29N6O4P/c24-22(31)27-15-5-1-7-17(13-15)34(33,18-8-2-6-16(14-18)28-23(25)32)20-10-4-12-29(20)21(30)19-9-3-11-26-19/h1-2,5-8,13-14,19-20,26H,3-4,9-12H2,(H3,24,27,31)(H3,25,28,32)/t19-,20?/m0/s1. The zero-order chi connectivity index (χ0) is 24.3. The first-order valence-electron chi connectivity index (χ1n) is 11.3. The molecule has 2 aromatic carbocycles. The highest BCUT2D eigenvalue weighted by Crippen LogP contribution is 2.54. The van der Waals surface area contributed by atoms with Gasteiger partial charge in [0.05, 0.1) is 11.8 Å². The van der Waals surface area contributed by atoms with Crippen LogP contribution in [0.1, 0.15) is 25.7 Å². The van der Waals surface area contributed by atoms with Crippen LogP contribution in [0.2, 0.25) is 0 Å². The average Bonchev–Trinajstić information content (AvgIpc) is 3.50. The third-order valence-corrected chi connectivity index (χ3v) is 9.74. The summed E-state index contributed by atoms with van der Waals surface area (Å²) in [6.45, 7) is 1.30. The van der Waals surface area contributed by atoms with Crippen LogP contribution in [-0.2, 0) is 9.36 Å². The van der Waals surface area contributed by atoms with Gasteiger partial charge in [-0.25, -0.2) is 9.59 Å². The monoisotopic (exact) mass is 484 g/mol.